The highest BCUT2D eigenvalue weighted by molar-refractivity contribution is 6.30. The van der Waals surface area contributed by atoms with Crippen LogP contribution in [0.4, 0.5) is 22.0 Å². The van der Waals surface area contributed by atoms with E-state index in [2.05, 4.69) is 5.73 Å². The van der Waals surface area contributed by atoms with Gasteiger partial charge in [-0.15, -0.1) is 12.4 Å². The van der Waals surface area contributed by atoms with E-state index in [-0.39, 0.29) is 12.4 Å². The molecule has 0 aromatic heterocycles. The highest BCUT2D eigenvalue weighted by Crippen LogP contribution is 2.35. The summed E-state index contributed by atoms with van der Waals surface area (Å²) in [6.45, 7) is 0. The number of nitrogens with two attached hydrogens (primary N) is 1. The molecule has 0 spiro atoms. The van der Waals surface area contributed by atoms with Crippen molar-refractivity contribution < 1.29 is 22.0 Å². The maximum absolute atomic E-state index is 13.1. The van der Waals surface area contributed by atoms with Gasteiger partial charge in [0.15, 0.2) is 0 Å². The number of hydrogen-bond donors (Lipinski definition) is 1. The van der Waals surface area contributed by atoms with Crippen molar-refractivity contribution in [3.8, 4) is 0 Å². The maximum atomic E-state index is 13.1. The molecule has 1 nitrogen and oxygen atoms in total. The van der Waals surface area contributed by atoms with Gasteiger partial charge in [-0.25, -0.2) is 8.78 Å². The normalized spacial score (nSPS) is 13.2. The first-order valence-electron chi connectivity index (χ1n) is 3.71. The van der Waals surface area contributed by atoms with E-state index in [1.807, 2.05) is 0 Å². The number of alkyl halides is 3. The molecule has 1 aromatic carbocycles. The molecule has 0 saturated heterocycles. The lowest BCUT2D eigenvalue weighted by molar-refractivity contribution is -0.150. The van der Waals surface area contributed by atoms with Crippen LogP contribution < -0.4 is 5.73 Å². The minimum atomic E-state index is -4.92. The summed E-state index contributed by atoms with van der Waals surface area (Å²) in [6.07, 6.45) is -4.92. The molecule has 8 heteroatoms. The Morgan fingerprint density at radius 2 is 1.69 bits per heavy atom. The van der Waals surface area contributed by atoms with Gasteiger partial charge in [-0.3, -0.25) is 0 Å². The van der Waals surface area contributed by atoms with Crippen molar-refractivity contribution in [2.45, 2.75) is 12.2 Å². The molecule has 1 atom stereocenters. The van der Waals surface area contributed by atoms with Gasteiger partial charge in [0.25, 0.3) is 0 Å². The van der Waals surface area contributed by atoms with E-state index in [4.69, 9.17) is 11.6 Å². The van der Waals surface area contributed by atoms with Crippen molar-refractivity contribution in [1.82, 2.24) is 0 Å². The van der Waals surface area contributed by atoms with Crippen molar-refractivity contribution >= 4 is 24.0 Å². The average Bonchev–Trinajstić information content (AvgIpc) is 2.10. The van der Waals surface area contributed by atoms with Gasteiger partial charge in [0.2, 0.25) is 0 Å². The lowest BCUT2D eigenvalue weighted by atomic mass is 10.1. The van der Waals surface area contributed by atoms with Gasteiger partial charge in [0, 0.05) is 0 Å². The molecule has 0 aliphatic heterocycles. The van der Waals surface area contributed by atoms with Gasteiger partial charge in [-0.05, 0) is 12.1 Å². The van der Waals surface area contributed by atoms with E-state index in [0.717, 1.165) is 6.07 Å². The third kappa shape index (κ3) is 2.96. The van der Waals surface area contributed by atoms with Crippen molar-refractivity contribution in [2.75, 3.05) is 0 Å². The van der Waals surface area contributed by atoms with Crippen LogP contribution in [0.25, 0.3) is 0 Å². The fourth-order valence-corrected chi connectivity index (χ4v) is 1.16. The average molecular weight is 282 g/mol. The summed E-state index contributed by atoms with van der Waals surface area (Å²) in [7, 11) is 0. The molecule has 16 heavy (non-hydrogen) atoms. The van der Waals surface area contributed by atoms with Gasteiger partial charge in [-0.1, -0.05) is 11.6 Å². The van der Waals surface area contributed by atoms with E-state index in [1.165, 1.54) is 0 Å². The molecular weight excluding hydrogens is 276 g/mol. The number of rotatable bonds is 1. The van der Waals surface area contributed by atoms with Crippen LogP contribution in [0, 0.1) is 11.6 Å². The molecule has 0 heterocycles. The van der Waals surface area contributed by atoms with Crippen LogP contribution in [-0.4, -0.2) is 6.18 Å². The maximum Gasteiger partial charge on any atom is 0.407 e. The number of halogens is 7. The minimum absolute atomic E-state index is 0. The van der Waals surface area contributed by atoms with E-state index in [0.29, 0.717) is 6.07 Å². The third-order valence-corrected chi connectivity index (χ3v) is 2.03. The molecular formula is C8H6Cl2F5N. The Kier molecular flexibility index (Phi) is 4.97. The summed E-state index contributed by atoms with van der Waals surface area (Å²) in [5, 5.41) is -0.605. The van der Waals surface area contributed by atoms with Gasteiger partial charge < -0.3 is 5.73 Å². The van der Waals surface area contributed by atoms with Gasteiger partial charge in [0.05, 0.1) is 10.6 Å². The van der Waals surface area contributed by atoms with Crippen LogP contribution in [0.1, 0.15) is 11.6 Å². The Hall–Kier alpha value is -0.590. The molecule has 0 aliphatic carbocycles. The zero-order valence-electron chi connectivity index (χ0n) is 7.49. The number of benzene rings is 1. The molecule has 0 radical (unpaired) electrons. The Balaban J connectivity index is 0.00000225. The Morgan fingerprint density at radius 3 is 2.12 bits per heavy atom. The second kappa shape index (κ2) is 5.16. The van der Waals surface area contributed by atoms with Crippen LogP contribution in [0.3, 0.4) is 0 Å². The Bertz CT molecular complexity index is 379. The van der Waals surface area contributed by atoms with Crippen molar-refractivity contribution in [3.05, 3.63) is 34.4 Å². The molecule has 0 aliphatic rings. The van der Waals surface area contributed by atoms with Gasteiger partial charge in [-0.2, -0.15) is 13.2 Å². The lowest BCUT2D eigenvalue weighted by Crippen LogP contribution is -2.30. The highest BCUT2D eigenvalue weighted by Gasteiger charge is 2.41. The first kappa shape index (κ1) is 15.4. The van der Waals surface area contributed by atoms with Crippen LogP contribution in [0.15, 0.2) is 12.1 Å². The summed E-state index contributed by atoms with van der Waals surface area (Å²) in [4.78, 5) is 0. The molecule has 0 bridgehead atoms. The van der Waals surface area contributed by atoms with Gasteiger partial charge in [0.1, 0.15) is 17.7 Å². The highest BCUT2D eigenvalue weighted by atomic mass is 35.5. The first-order chi connectivity index (χ1) is 6.75. The quantitative estimate of drug-likeness (QED) is 0.618. The standard InChI is InChI=1S/C8H5ClF5N.ClH/c9-3-1-2-4(10)5(6(3)11)7(15)8(12,13)14;/h1-2,7H,15H2;1H/t7-;/m1./s1. The monoisotopic (exact) mass is 281 g/mol. The van der Waals surface area contributed by atoms with E-state index in [9.17, 15) is 22.0 Å². The first-order valence-corrected chi connectivity index (χ1v) is 4.08. The molecule has 0 saturated carbocycles. The van der Waals surface area contributed by atoms with Gasteiger partial charge >= 0.3 is 6.18 Å². The summed E-state index contributed by atoms with van der Waals surface area (Å²) in [6, 6.07) is -1.28. The fourth-order valence-electron chi connectivity index (χ4n) is 0.992. The van der Waals surface area contributed by atoms with E-state index in [1.54, 1.807) is 0 Å². The SMILES string of the molecule is Cl.N[C@H](c1c(F)ccc(Cl)c1F)C(F)(F)F. The molecule has 92 valence electrons. The summed E-state index contributed by atoms with van der Waals surface area (Å²) in [5.74, 6) is -2.86. The van der Waals surface area contributed by atoms with E-state index < -0.39 is 34.4 Å². The zero-order chi connectivity index (χ0) is 11.8. The van der Waals surface area contributed by atoms with Crippen LogP contribution in [0.2, 0.25) is 5.02 Å². The smallest absolute Gasteiger partial charge is 0.316 e. The molecule has 0 fully saturated rings. The minimum Gasteiger partial charge on any atom is -0.316 e. The van der Waals surface area contributed by atoms with Crippen molar-refractivity contribution in [3.63, 3.8) is 0 Å². The zero-order valence-corrected chi connectivity index (χ0v) is 9.06. The topological polar surface area (TPSA) is 26.0 Å². The summed E-state index contributed by atoms with van der Waals surface area (Å²) < 4.78 is 62.4. The predicted molar refractivity (Wildman–Crippen MR) is 51.6 cm³/mol. The molecule has 0 amide bonds. The van der Waals surface area contributed by atoms with Crippen LogP contribution in [0.5, 0.6) is 0 Å². The fraction of sp³-hybridized carbons (Fsp3) is 0.250. The molecule has 2 N–H and O–H groups in total. The molecule has 1 rings (SSSR count). The summed E-state index contributed by atoms with van der Waals surface area (Å²) >= 11 is 5.22. The number of hydrogen-bond acceptors (Lipinski definition) is 1. The second-order valence-electron chi connectivity index (χ2n) is 2.78. The van der Waals surface area contributed by atoms with E-state index >= 15 is 0 Å². The van der Waals surface area contributed by atoms with Crippen LogP contribution in [-0.2, 0) is 0 Å². The van der Waals surface area contributed by atoms with Crippen molar-refractivity contribution in [1.29, 1.82) is 0 Å². The predicted octanol–water partition coefficient (Wildman–Crippen LogP) is 3.60. The lowest BCUT2D eigenvalue weighted by Gasteiger charge is -2.17. The molecule has 1 aromatic rings. The molecule has 0 unspecified atom stereocenters. The Labute approximate surface area is 98.8 Å². The summed E-state index contributed by atoms with van der Waals surface area (Å²) in [5.41, 5.74) is 3.41. The largest absolute Gasteiger partial charge is 0.407 e. The second-order valence-corrected chi connectivity index (χ2v) is 3.18. The van der Waals surface area contributed by atoms with Crippen molar-refractivity contribution in [2.24, 2.45) is 5.73 Å². The third-order valence-electron chi connectivity index (χ3n) is 1.74. The van der Waals surface area contributed by atoms with Crippen LogP contribution >= 0.6 is 24.0 Å². The Morgan fingerprint density at radius 1 is 1.19 bits per heavy atom.